The van der Waals surface area contributed by atoms with Crippen LogP contribution in [0.3, 0.4) is 0 Å². The highest BCUT2D eigenvalue weighted by atomic mass is 32.2. The Bertz CT molecular complexity index is 569. The second kappa shape index (κ2) is 6.16. The molecule has 0 saturated heterocycles. The zero-order chi connectivity index (χ0) is 13.8. The van der Waals surface area contributed by atoms with Crippen molar-refractivity contribution in [3.63, 3.8) is 0 Å². The Morgan fingerprint density at radius 2 is 2.32 bits per heavy atom. The number of amides is 1. The molecule has 2 heterocycles. The van der Waals surface area contributed by atoms with Crippen LogP contribution in [0.25, 0.3) is 10.6 Å². The van der Waals surface area contributed by atoms with E-state index in [0.29, 0.717) is 0 Å². The van der Waals surface area contributed by atoms with E-state index in [4.69, 9.17) is 0 Å². The maximum absolute atomic E-state index is 11.9. The van der Waals surface area contributed by atoms with Gasteiger partial charge in [0.25, 0.3) is 0 Å². The molecule has 0 spiro atoms. The van der Waals surface area contributed by atoms with E-state index in [1.165, 1.54) is 23.1 Å². The fourth-order valence-corrected chi connectivity index (χ4v) is 2.68. The number of rotatable bonds is 4. The lowest BCUT2D eigenvalue weighted by molar-refractivity contribution is -0.115. The molecule has 0 aromatic carbocycles. The van der Waals surface area contributed by atoms with Crippen molar-refractivity contribution in [2.24, 2.45) is 0 Å². The number of hydrogen-bond acceptors (Lipinski definition) is 5. The van der Waals surface area contributed by atoms with E-state index in [1.807, 2.05) is 32.2 Å². The molecule has 0 aliphatic rings. The third kappa shape index (κ3) is 3.33. The predicted octanol–water partition coefficient (Wildman–Crippen LogP) is 3.20. The molecule has 2 aromatic heterocycles. The largest absolute Gasteiger partial charge is 0.315 e. The third-order valence-electron chi connectivity index (χ3n) is 2.66. The number of hydrogen-bond donors (Lipinski definition) is 1. The van der Waals surface area contributed by atoms with Crippen molar-refractivity contribution in [3.8, 4) is 10.6 Å². The zero-order valence-electron chi connectivity index (χ0n) is 11.0. The van der Waals surface area contributed by atoms with Crippen LogP contribution in [0.1, 0.15) is 12.6 Å². The molecule has 1 N–H and O–H groups in total. The van der Waals surface area contributed by atoms with Crippen LogP contribution in [-0.4, -0.2) is 27.4 Å². The van der Waals surface area contributed by atoms with Crippen LogP contribution in [0.2, 0.25) is 0 Å². The summed E-state index contributed by atoms with van der Waals surface area (Å²) in [5.74, 6) is 0.0111. The number of nitrogens with zero attached hydrogens (tertiary/aromatic N) is 2. The van der Waals surface area contributed by atoms with Crippen molar-refractivity contribution in [2.75, 3.05) is 11.6 Å². The molecule has 6 heteroatoms. The lowest BCUT2D eigenvalue weighted by Crippen LogP contribution is -2.21. The highest BCUT2D eigenvalue weighted by Crippen LogP contribution is 2.31. The third-order valence-corrected chi connectivity index (χ3v) is 4.71. The molecule has 0 radical (unpaired) electrons. The van der Waals surface area contributed by atoms with Crippen LogP contribution in [0, 0.1) is 6.92 Å². The van der Waals surface area contributed by atoms with Crippen LogP contribution >= 0.6 is 23.1 Å². The minimum absolute atomic E-state index is 0.0111. The minimum atomic E-state index is -0.0664. The second-order valence-electron chi connectivity index (χ2n) is 4.04. The van der Waals surface area contributed by atoms with Gasteiger partial charge in [0.15, 0.2) is 0 Å². The van der Waals surface area contributed by atoms with Gasteiger partial charge >= 0.3 is 0 Å². The summed E-state index contributed by atoms with van der Waals surface area (Å²) in [4.78, 5) is 20.4. The Labute approximate surface area is 120 Å². The normalized spacial score (nSPS) is 12.2. The van der Waals surface area contributed by atoms with Gasteiger partial charge in [-0.05, 0) is 32.2 Å². The first-order chi connectivity index (χ1) is 9.11. The number of carbonyl (C=O) groups is 1. The Kier molecular flexibility index (Phi) is 4.55. The van der Waals surface area contributed by atoms with Crippen LogP contribution in [0.5, 0.6) is 0 Å². The van der Waals surface area contributed by atoms with Gasteiger partial charge in [0.2, 0.25) is 5.91 Å². The number of thiazole rings is 1. The smallest absolute Gasteiger partial charge is 0.237 e. The van der Waals surface area contributed by atoms with E-state index in [9.17, 15) is 4.79 Å². The number of anilines is 1. The van der Waals surface area contributed by atoms with Crippen molar-refractivity contribution in [3.05, 3.63) is 30.2 Å². The highest BCUT2D eigenvalue weighted by Gasteiger charge is 2.15. The average molecular weight is 293 g/mol. The van der Waals surface area contributed by atoms with Crippen molar-refractivity contribution < 1.29 is 4.79 Å². The predicted molar refractivity (Wildman–Crippen MR) is 81.7 cm³/mol. The molecular formula is C13H15N3OS2. The number of aryl methyl sites for hydroxylation is 1. The fourth-order valence-electron chi connectivity index (χ4n) is 1.45. The van der Waals surface area contributed by atoms with Crippen LogP contribution < -0.4 is 5.32 Å². The van der Waals surface area contributed by atoms with Crippen molar-refractivity contribution in [1.29, 1.82) is 0 Å². The van der Waals surface area contributed by atoms with E-state index in [1.54, 1.807) is 12.4 Å². The Balaban J connectivity index is 2.20. The van der Waals surface area contributed by atoms with Gasteiger partial charge in [0.1, 0.15) is 10.0 Å². The van der Waals surface area contributed by atoms with E-state index in [0.717, 1.165) is 21.3 Å². The lowest BCUT2D eigenvalue weighted by Gasteiger charge is -2.07. The Hall–Kier alpha value is -1.40. The molecule has 4 nitrogen and oxygen atoms in total. The second-order valence-corrected chi connectivity index (χ2v) is 6.22. The van der Waals surface area contributed by atoms with E-state index >= 15 is 0 Å². The van der Waals surface area contributed by atoms with E-state index in [2.05, 4.69) is 15.3 Å². The summed E-state index contributed by atoms with van der Waals surface area (Å²) in [6.07, 6.45) is 5.42. The molecule has 0 aliphatic carbocycles. The molecule has 1 atom stereocenters. The number of pyridine rings is 1. The summed E-state index contributed by atoms with van der Waals surface area (Å²) < 4.78 is 0. The molecule has 100 valence electrons. The first kappa shape index (κ1) is 14.0. The van der Waals surface area contributed by atoms with Gasteiger partial charge in [0.05, 0.1) is 10.9 Å². The standard InChI is InChI=1S/C13H15N3OS2/c1-8-12(16-11(17)9(2)18-3)19-13(15-8)10-5-4-6-14-7-10/h4-7,9H,1-3H3,(H,16,17). The van der Waals surface area contributed by atoms with Crippen LogP contribution in [0.15, 0.2) is 24.5 Å². The van der Waals surface area contributed by atoms with Gasteiger partial charge in [-0.3, -0.25) is 9.78 Å². The van der Waals surface area contributed by atoms with Crippen molar-refractivity contribution in [2.45, 2.75) is 19.1 Å². The summed E-state index contributed by atoms with van der Waals surface area (Å²) in [6.45, 7) is 3.79. The maximum atomic E-state index is 11.9. The van der Waals surface area contributed by atoms with Gasteiger partial charge in [-0.25, -0.2) is 4.98 Å². The molecular weight excluding hydrogens is 278 g/mol. The minimum Gasteiger partial charge on any atom is -0.315 e. The fraction of sp³-hybridized carbons (Fsp3) is 0.308. The van der Waals surface area contributed by atoms with Gasteiger partial charge in [-0.15, -0.1) is 0 Å². The Morgan fingerprint density at radius 3 is 2.95 bits per heavy atom. The SMILES string of the molecule is CSC(C)C(=O)Nc1sc(-c2cccnc2)nc1C. The van der Waals surface area contributed by atoms with E-state index < -0.39 is 0 Å². The molecule has 1 amide bonds. The zero-order valence-corrected chi connectivity index (χ0v) is 12.6. The average Bonchev–Trinajstić information content (AvgIpc) is 2.80. The number of thioether (sulfide) groups is 1. The number of nitrogens with one attached hydrogen (secondary N) is 1. The maximum Gasteiger partial charge on any atom is 0.237 e. The summed E-state index contributed by atoms with van der Waals surface area (Å²) >= 11 is 3.00. The molecule has 2 aromatic rings. The van der Waals surface area contributed by atoms with Gasteiger partial charge in [-0.1, -0.05) is 11.3 Å². The first-order valence-electron chi connectivity index (χ1n) is 5.83. The molecule has 1 unspecified atom stereocenters. The summed E-state index contributed by atoms with van der Waals surface area (Å²) in [5, 5.41) is 4.54. The summed E-state index contributed by atoms with van der Waals surface area (Å²) in [6, 6.07) is 3.83. The highest BCUT2D eigenvalue weighted by molar-refractivity contribution is 7.99. The van der Waals surface area contributed by atoms with Crippen molar-refractivity contribution >= 4 is 34.0 Å². The first-order valence-corrected chi connectivity index (χ1v) is 7.93. The molecule has 0 bridgehead atoms. The molecule has 0 fully saturated rings. The summed E-state index contributed by atoms with van der Waals surface area (Å²) in [7, 11) is 0. The van der Waals surface area contributed by atoms with Gasteiger partial charge in [-0.2, -0.15) is 11.8 Å². The lowest BCUT2D eigenvalue weighted by atomic mass is 10.3. The Morgan fingerprint density at radius 1 is 1.53 bits per heavy atom. The monoisotopic (exact) mass is 293 g/mol. The molecule has 0 aliphatic heterocycles. The van der Waals surface area contributed by atoms with E-state index in [-0.39, 0.29) is 11.2 Å². The quantitative estimate of drug-likeness (QED) is 0.940. The summed E-state index contributed by atoms with van der Waals surface area (Å²) in [5.41, 5.74) is 1.81. The van der Waals surface area contributed by atoms with Crippen LogP contribution in [0.4, 0.5) is 5.00 Å². The van der Waals surface area contributed by atoms with Crippen molar-refractivity contribution in [1.82, 2.24) is 9.97 Å². The molecule has 2 rings (SSSR count). The number of aromatic nitrogens is 2. The van der Waals surface area contributed by atoms with Gasteiger partial charge < -0.3 is 5.32 Å². The number of carbonyl (C=O) groups excluding carboxylic acids is 1. The van der Waals surface area contributed by atoms with Crippen LogP contribution in [-0.2, 0) is 4.79 Å². The molecule has 19 heavy (non-hydrogen) atoms. The van der Waals surface area contributed by atoms with Gasteiger partial charge in [0, 0.05) is 18.0 Å². The molecule has 0 saturated carbocycles. The topological polar surface area (TPSA) is 54.9 Å².